The van der Waals surface area contributed by atoms with Crippen LogP contribution in [0, 0.1) is 0 Å². The molecule has 2 aliphatic rings. The Labute approximate surface area is 136 Å². The van der Waals surface area contributed by atoms with Crippen molar-refractivity contribution in [2.75, 3.05) is 13.1 Å². The molecule has 0 radical (unpaired) electrons. The summed E-state index contributed by atoms with van der Waals surface area (Å²) in [6, 6.07) is 6.55. The van der Waals surface area contributed by atoms with Crippen molar-refractivity contribution in [3.8, 4) is 0 Å². The summed E-state index contributed by atoms with van der Waals surface area (Å²) >= 11 is 0. The number of carbonyl (C=O) groups excluding carboxylic acids is 2. The first-order chi connectivity index (χ1) is 11.1. The van der Waals surface area contributed by atoms with Crippen molar-refractivity contribution in [3.05, 3.63) is 35.4 Å². The zero-order chi connectivity index (χ0) is 16.2. The molecule has 1 aromatic rings. The van der Waals surface area contributed by atoms with Gasteiger partial charge in [-0.25, -0.2) is 0 Å². The predicted octanol–water partition coefficient (Wildman–Crippen LogP) is 2.35. The SMILES string of the molecule is NC(=O)c1ccc(C(=O)N2CCC(OC3CCCC3)CC2)cc1. The van der Waals surface area contributed by atoms with Gasteiger partial charge in [0.05, 0.1) is 12.2 Å². The van der Waals surface area contributed by atoms with Gasteiger partial charge in [0, 0.05) is 24.2 Å². The van der Waals surface area contributed by atoms with Gasteiger partial charge in [0.2, 0.25) is 5.91 Å². The fourth-order valence-electron chi connectivity index (χ4n) is 3.45. The third-order valence-corrected chi connectivity index (χ3v) is 4.83. The van der Waals surface area contributed by atoms with Gasteiger partial charge in [-0.05, 0) is 49.9 Å². The molecular formula is C18H24N2O3. The summed E-state index contributed by atoms with van der Waals surface area (Å²) in [5, 5.41) is 0. The van der Waals surface area contributed by atoms with Crippen LogP contribution >= 0.6 is 0 Å². The number of piperidine rings is 1. The molecule has 0 spiro atoms. The van der Waals surface area contributed by atoms with E-state index in [0.29, 0.717) is 23.3 Å². The largest absolute Gasteiger partial charge is 0.375 e. The number of rotatable bonds is 4. The van der Waals surface area contributed by atoms with Crippen LogP contribution in [-0.2, 0) is 4.74 Å². The van der Waals surface area contributed by atoms with E-state index in [0.717, 1.165) is 25.9 Å². The average molecular weight is 316 g/mol. The summed E-state index contributed by atoms with van der Waals surface area (Å²) < 4.78 is 6.14. The molecule has 0 aromatic heterocycles. The molecule has 0 bridgehead atoms. The van der Waals surface area contributed by atoms with E-state index >= 15 is 0 Å². The first-order valence-corrected chi connectivity index (χ1v) is 8.48. The van der Waals surface area contributed by atoms with E-state index < -0.39 is 5.91 Å². The molecule has 1 heterocycles. The third kappa shape index (κ3) is 3.91. The van der Waals surface area contributed by atoms with E-state index in [1.807, 2.05) is 4.90 Å². The Morgan fingerprint density at radius 1 is 0.913 bits per heavy atom. The van der Waals surface area contributed by atoms with Crippen LogP contribution in [0.25, 0.3) is 0 Å². The highest BCUT2D eigenvalue weighted by atomic mass is 16.5. The van der Waals surface area contributed by atoms with Gasteiger partial charge in [-0.2, -0.15) is 0 Å². The molecule has 2 amide bonds. The molecule has 1 aliphatic carbocycles. The van der Waals surface area contributed by atoms with Crippen LogP contribution in [0.15, 0.2) is 24.3 Å². The van der Waals surface area contributed by atoms with Gasteiger partial charge in [0.25, 0.3) is 5.91 Å². The number of carbonyl (C=O) groups is 2. The van der Waals surface area contributed by atoms with Crippen molar-refractivity contribution in [1.82, 2.24) is 4.90 Å². The number of nitrogens with two attached hydrogens (primary N) is 1. The first kappa shape index (κ1) is 16.0. The number of amides is 2. The molecule has 1 saturated carbocycles. The molecule has 124 valence electrons. The number of nitrogens with zero attached hydrogens (tertiary/aromatic N) is 1. The highest BCUT2D eigenvalue weighted by Gasteiger charge is 2.27. The van der Waals surface area contributed by atoms with Crippen molar-refractivity contribution >= 4 is 11.8 Å². The van der Waals surface area contributed by atoms with Crippen LogP contribution in [0.3, 0.4) is 0 Å². The van der Waals surface area contributed by atoms with Gasteiger partial charge in [0.1, 0.15) is 0 Å². The smallest absolute Gasteiger partial charge is 0.253 e. The minimum absolute atomic E-state index is 0.0142. The van der Waals surface area contributed by atoms with Crippen LogP contribution in [0.2, 0.25) is 0 Å². The van der Waals surface area contributed by atoms with Gasteiger partial charge in [0.15, 0.2) is 0 Å². The molecule has 23 heavy (non-hydrogen) atoms. The van der Waals surface area contributed by atoms with Crippen molar-refractivity contribution in [3.63, 3.8) is 0 Å². The summed E-state index contributed by atoms with van der Waals surface area (Å²) in [5.74, 6) is -0.464. The maximum atomic E-state index is 12.5. The molecule has 2 N–H and O–H groups in total. The highest BCUT2D eigenvalue weighted by molar-refractivity contribution is 5.97. The normalized spacial score (nSPS) is 19.9. The van der Waals surface area contributed by atoms with Gasteiger partial charge in [-0.3, -0.25) is 9.59 Å². The fourth-order valence-corrected chi connectivity index (χ4v) is 3.45. The molecule has 3 rings (SSSR count). The fraction of sp³-hybridized carbons (Fsp3) is 0.556. The number of benzene rings is 1. The van der Waals surface area contributed by atoms with Gasteiger partial charge in [-0.1, -0.05) is 12.8 Å². The lowest BCUT2D eigenvalue weighted by atomic mass is 10.0. The number of hydrogen-bond acceptors (Lipinski definition) is 3. The van der Waals surface area contributed by atoms with Gasteiger partial charge >= 0.3 is 0 Å². The Bertz CT molecular complexity index is 556. The zero-order valence-corrected chi connectivity index (χ0v) is 13.4. The molecule has 2 fully saturated rings. The lowest BCUT2D eigenvalue weighted by Gasteiger charge is -2.33. The molecule has 1 aromatic carbocycles. The Balaban J connectivity index is 1.52. The molecule has 1 aliphatic heterocycles. The van der Waals surface area contributed by atoms with Crippen molar-refractivity contribution in [2.45, 2.75) is 50.7 Å². The maximum absolute atomic E-state index is 12.5. The number of ether oxygens (including phenoxy) is 1. The van der Waals surface area contributed by atoms with Gasteiger partial charge < -0.3 is 15.4 Å². The first-order valence-electron chi connectivity index (χ1n) is 8.48. The van der Waals surface area contributed by atoms with E-state index in [1.165, 1.54) is 25.7 Å². The van der Waals surface area contributed by atoms with Crippen molar-refractivity contribution in [1.29, 1.82) is 0 Å². The van der Waals surface area contributed by atoms with Crippen LogP contribution in [-0.4, -0.2) is 42.0 Å². The summed E-state index contributed by atoms with van der Waals surface area (Å²) in [4.78, 5) is 25.4. The lowest BCUT2D eigenvalue weighted by Crippen LogP contribution is -2.41. The summed E-state index contributed by atoms with van der Waals surface area (Å²) in [5.41, 5.74) is 6.24. The second-order valence-electron chi connectivity index (χ2n) is 6.48. The number of hydrogen-bond donors (Lipinski definition) is 1. The topological polar surface area (TPSA) is 72.6 Å². The van der Waals surface area contributed by atoms with Crippen LogP contribution < -0.4 is 5.73 Å². The monoisotopic (exact) mass is 316 g/mol. The quantitative estimate of drug-likeness (QED) is 0.926. The van der Waals surface area contributed by atoms with E-state index in [4.69, 9.17) is 10.5 Å². The van der Waals surface area contributed by atoms with E-state index in [1.54, 1.807) is 24.3 Å². The van der Waals surface area contributed by atoms with Crippen LogP contribution in [0.5, 0.6) is 0 Å². The van der Waals surface area contributed by atoms with E-state index in [-0.39, 0.29) is 5.91 Å². The van der Waals surface area contributed by atoms with E-state index in [2.05, 4.69) is 0 Å². The summed E-state index contributed by atoms with van der Waals surface area (Å²) in [6.45, 7) is 1.46. The average Bonchev–Trinajstić information content (AvgIpc) is 3.08. The minimum Gasteiger partial charge on any atom is -0.375 e. The predicted molar refractivity (Wildman–Crippen MR) is 87.2 cm³/mol. The number of primary amides is 1. The second kappa shape index (κ2) is 7.13. The molecule has 5 heteroatoms. The zero-order valence-electron chi connectivity index (χ0n) is 13.4. The lowest BCUT2D eigenvalue weighted by molar-refractivity contribution is -0.0357. The Hall–Kier alpha value is -1.88. The Kier molecular flexibility index (Phi) is 4.96. The highest BCUT2D eigenvalue weighted by Crippen LogP contribution is 2.25. The summed E-state index contributed by atoms with van der Waals surface area (Å²) in [7, 11) is 0. The molecule has 5 nitrogen and oxygen atoms in total. The van der Waals surface area contributed by atoms with Crippen LogP contribution in [0.4, 0.5) is 0 Å². The van der Waals surface area contributed by atoms with Crippen molar-refractivity contribution < 1.29 is 14.3 Å². The Morgan fingerprint density at radius 3 is 2.00 bits per heavy atom. The molecule has 1 saturated heterocycles. The van der Waals surface area contributed by atoms with Gasteiger partial charge in [-0.15, -0.1) is 0 Å². The van der Waals surface area contributed by atoms with E-state index in [9.17, 15) is 9.59 Å². The summed E-state index contributed by atoms with van der Waals surface area (Å²) in [6.07, 6.45) is 7.47. The molecule has 0 atom stereocenters. The maximum Gasteiger partial charge on any atom is 0.253 e. The van der Waals surface area contributed by atoms with Crippen molar-refractivity contribution in [2.24, 2.45) is 5.73 Å². The molecular weight excluding hydrogens is 292 g/mol. The number of likely N-dealkylation sites (tertiary alicyclic amines) is 1. The minimum atomic E-state index is -0.478. The van der Waals surface area contributed by atoms with Crippen LogP contribution in [0.1, 0.15) is 59.2 Å². The third-order valence-electron chi connectivity index (χ3n) is 4.83. The molecule has 0 unspecified atom stereocenters. The Morgan fingerprint density at radius 2 is 1.43 bits per heavy atom. The second-order valence-corrected chi connectivity index (χ2v) is 6.48. The standard InChI is InChI=1S/C18H24N2O3/c19-17(21)13-5-7-14(8-6-13)18(22)20-11-9-16(10-12-20)23-15-3-1-2-4-15/h5-8,15-16H,1-4,9-12H2,(H2,19,21).